The predicted octanol–water partition coefficient (Wildman–Crippen LogP) is 2.81. The Balaban J connectivity index is 1.98. The van der Waals surface area contributed by atoms with Gasteiger partial charge >= 0.3 is 0 Å². The monoisotopic (exact) mass is 386 g/mol. The quantitative estimate of drug-likeness (QED) is 0.420. The van der Waals surface area contributed by atoms with E-state index < -0.39 is 6.10 Å². The molecule has 0 bridgehead atoms. The van der Waals surface area contributed by atoms with Gasteiger partial charge in [0.2, 0.25) is 0 Å². The smallest absolute Gasteiger partial charge is 0.158 e. The maximum atomic E-state index is 10.5. The number of methoxy groups -OCH3 is 1. The average Bonchev–Trinajstić information content (AvgIpc) is 2.69. The van der Waals surface area contributed by atoms with Gasteiger partial charge in [-0.15, -0.1) is 0 Å². The van der Waals surface area contributed by atoms with Crippen molar-refractivity contribution in [3.8, 4) is 0 Å². The molecule has 2 aliphatic heterocycles. The minimum absolute atomic E-state index is 0.0121. The topological polar surface area (TPSA) is 77.4 Å². The molecule has 27 heavy (non-hydrogen) atoms. The Bertz CT molecular complexity index is 409. The first kappa shape index (κ1) is 22.8. The molecule has 0 aliphatic carbocycles. The summed E-state index contributed by atoms with van der Waals surface area (Å²) in [5, 5.41) is 19.9. The summed E-state index contributed by atoms with van der Waals surface area (Å²) in [4.78, 5) is 0. The van der Waals surface area contributed by atoms with Gasteiger partial charge in [0.15, 0.2) is 6.29 Å². The standard InChI is InChI=1S/C21H38O6/c1-3-4-5-8-16(27-20-9-6-7-14-25-20)10-11-18-17(12-13-22)21(23)19(24-2)15-26-18/h10-11,16-23H,3-9,12-15H2,1-2H3/t16?,17-,18-,19+,20?,21-/m0/s1. The lowest BCUT2D eigenvalue weighted by molar-refractivity contribution is -0.180. The molecule has 0 spiro atoms. The van der Waals surface area contributed by atoms with Crippen LogP contribution in [0.5, 0.6) is 0 Å². The van der Waals surface area contributed by atoms with Gasteiger partial charge in [-0.1, -0.05) is 38.3 Å². The number of hydrogen-bond donors (Lipinski definition) is 2. The van der Waals surface area contributed by atoms with Gasteiger partial charge in [0, 0.05) is 26.2 Å². The van der Waals surface area contributed by atoms with Crippen LogP contribution >= 0.6 is 0 Å². The van der Waals surface area contributed by atoms with E-state index in [1.165, 1.54) is 12.8 Å². The fourth-order valence-electron chi connectivity index (χ4n) is 3.84. The van der Waals surface area contributed by atoms with Gasteiger partial charge in [-0.05, 0) is 32.1 Å². The Morgan fingerprint density at radius 2 is 2.07 bits per heavy atom. The molecule has 2 fully saturated rings. The van der Waals surface area contributed by atoms with E-state index in [0.717, 1.165) is 38.7 Å². The molecule has 2 heterocycles. The van der Waals surface area contributed by atoms with Crippen molar-refractivity contribution in [2.75, 3.05) is 26.9 Å². The summed E-state index contributed by atoms with van der Waals surface area (Å²) in [6.07, 6.45) is 10.7. The average molecular weight is 387 g/mol. The molecule has 2 rings (SSSR count). The Morgan fingerprint density at radius 3 is 2.74 bits per heavy atom. The molecule has 6 atom stereocenters. The van der Waals surface area contributed by atoms with Crippen LogP contribution in [0.15, 0.2) is 12.2 Å². The minimum atomic E-state index is -0.647. The summed E-state index contributed by atoms with van der Waals surface area (Å²) in [6.45, 7) is 3.32. The van der Waals surface area contributed by atoms with E-state index in [-0.39, 0.29) is 37.1 Å². The zero-order valence-corrected chi connectivity index (χ0v) is 16.9. The van der Waals surface area contributed by atoms with Crippen molar-refractivity contribution in [1.82, 2.24) is 0 Å². The molecule has 2 N–H and O–H groups in total. The van der Waals surface area contributed by atoms with Crippen LogP contribution in [0.1, 0.15) is 58.3 Å². The number of aliphatic hydroxyl groups is 2. The molecule has 158 valence electrons. The fraction of sp³-hybridized carbons (Fsp3) is 0.905. The van der Waals surface area contributed by atoms with Crippen molar-refractivity contribution in [1.29, 1.82) is 0 Å². The molecular weight excluding hydrogens is 348 g/mol. The normalized spacial score (nSPS) is 33.4. The number of ether oxygens (including phenoxy) is 4. The molecule has 0 amide bonds. The van der Waals surface area contributed by atoms with Gasteiger partial charge in [-0.2, -0.15) is 0 Å². The molecule has 0 aromatic carbocycles. The van der Waals surface area contributed by atoms with E-state index in [9.17, 15) is 10.2 Å². The Hall–Kier alpha value is -0.500. The zero-order chi connectivity index (χ0) is 19.5. The summed E-state index contributed by atoms with van der Waals surface area (Å²) in [6, 6.07) is 0. The van der Waals surface area contributed by atoms with Crippen LogP contribution < -0.4 is 0 Å². The summed E-state index contributed by atoms with van der Waals surface area (Å²) >= 11 is 0. The van der Waals surface area contributed by atoms with Crippen molar-refractivity contribution < 1.29 is 29.2 Å². The fourth-order valence-corrected chi connectivity index (χ4v) is 3.84. The largest absolute Gasteiger partial charge is 0.396 e. The van der Waals surface area contributed by atoms with Crippen LogP contribution in [-0.4, -0.2) is 67.8 Å². The molecule has 0 radical (unpaired) electrons. The Morgan fingerprint density at radius 1 is 1.22 bits per heavy atom. The summed E-state index contributed by atoms with van der Waals surface area (Å²) in [7, 11) is 1.57. The molecular formula is C21H38O6. The van der Waals surface area contributed by atoms with E-state index in [4.69, 9.17) is 18.9 Å². The number of rotatable bonds is 11. The van der Waals surface area contributed by atoms with Gasteiger partial charge in [0.05, 0.1) is 24.9 Å². The van der Waals surface area contributed by atoms with Crippen LogP contribution in [0.25, 0.3) is 0 Å². The maximum absolute atomic E-state index is 10.5. The lowest BCUT2D eigenvalue weighted by Gasteiger charge is -2.38. The zero-order valence-electron chi connectivity index (χ0n) is 16.9. The third-order valence-corrected chi connectivity index (χ3v) is 5.53. The van der Waals surface area contributed by atoms with E-state index >= 15 is 0 Å². The molecule has 2 unspecified atom stereocenters. The minimum Gasteiger partial charge on any atom is -0.396 e. The van der Waals surface area contributed by atoms with Crippen LogP contribution in [-0.2, 0) is 18.9 Å². The van der Waals surface area contributed by atoms with Gasteiger partial charge < -0.3 is 29.2 Å². The predicted molar refractivity (Wildman–Crippen MR) is 103 cm³/mol. The van der Waals surface area contributed by atoms with Crippen molar-refractivity contribution in [3.05, 3.63) is 12.2 Å². The van der Waals surface area contributed by atoms with Gasteiger partial charge in [0.1, 0.15) is 6.10 Å². The number of hydrogen-bond acceptors (Lipinski definition) is 6. The van der Waals surface area contributed by atoms with Gasteiger partial charge in [-0.25, -0.2) is 0 Å². The highest BCUT2D eigenvalue weighted by Gasteiger charge is 2.38. The van der Waals surface area contributed by atoms with E-state index in [1.807, 2.05) is 6.08 Å². The molecule has 0 saturated carbocycles. The second-order valence-corrected chi connectivity index (χ2v) is 7.59. The van der Waals surface area contributed by atoms with Crippen LogP contribution in [0.2, 0.25) is 0 Å². The second-order valence-electron chi connectivity index (χ2n) is 7.59. The van der Waals surface area contributed by atoms with Gasteiger partial charge in [-0.3, -0.25) is 0 Å². The summed E-state index contributed by atoms with van der Waals surface area (Å²) in [5.41, 5.74) is 0. The van der Waals surface area contributed by atoms with Crippen LogP contribution in [0, 0.1) is 5.92 Å². The SMILES string of the molecule is CCCCCC(C=C[C@@H]1OC[C@@H](OC)[C@@H](O)[C@H]1CCO)OC1CCCCO1. The number of unbranched alkanes of at least 4 members (excludes halogenated alkanes) is 2. The molecule has 0 aromatic heterocycles. The van der Waals surface area contributed by atoms with E-state index in [0.29, 0.717) is 13.0 Å². The van der Waals surface area contributed by atoms with E-state index in [1.54, 1.807) is 7.11 Å². The molecule has 2 saturated heterocycles. The lowest BCUT2D eigenvalue weighted by Crippen LogP contribution is -2.49. The molecule has 6 heteroatoms. The highest BCUT2D eigenvalue weighted by molar-refractivity contribution is 5.02. The van der Waals surface area contributed by atoms with Crippen LogP contribution in [0.4, 0.5) is 0 Å². The van der Waals surface area contributed by atoms with Crippen molar-refractivity contribution in [2.45, 2.75) is 89.0 Å². The first-order chi connectivity index (χ1) is 13.2. The highest BCUT2D eigenvalue weighted by Crippen LogP contribution is 2.28. The maximum Gasteiger partial charge on any atom is 0.158 e. The molecule has 0 aromatic rings. The Kier molecular flexibility index (Phi) is 10.9. The number of aliphatic hydroxyl groups excluding tert-OH is 2. The molecule has 2 aliphatic rings. The third-order valence-electron chi connectivity index (χ3n) is 5.53. The van der Waals surface area contributed by atoms with Gasteiger partial charge in [0.25, 0.3) is 0 Å². The molecule has 6 nitrogen and oxygen atoms in total. The third kappa shape index (κ3) is 7.44. The Labute approximate surface area is 163 Å². The summed E-state index contributed by atoms with van der Waals surface area (Å²) in [5.74, 6) is -0.188. The highest BCUT2D eigenvalue weighted by atomic mass is 16.7. The van der Waals surface area contributed by atoms with Crippen LogP contribution in [0.3, 0.4) is 0 Å². The first-order valence-electron chi connectivity index (χ1n) is 10.6. The second kappa shape index (κ2) is 12.9. The lowest BCUT2D eigenvalue weighted by atomic mass is 9.86. The van der Waals surface area contributed by atoms with Crippen molar-refractivity contribution in [2.24, 2.45) is 5.92 Å². The van der Waals surface area contributed by atoms with Crippen molar-refractivity contribution >= 4 is 0 Å². The summed E-state index contributed by atoms with van der Waals surface area (Å²) < 4.78 is 23.1. The first-order valence-corrected chi connectivity index (χ1v) is 10.6. The van der Waals surface area contributed by atoms with E-state index in [2.05, 4.69) is 13.0 Å². The van der Waals surface area contributed by atoms with Crippen molar-refractivity contribution in [3.63, 3.8) is 0 Å².